The van der Waals surface area contributed by atoms with Gasteiger partial charge in [0, 0.05) is 21.4 Å². The Morgan fingerprint density at radius 2 is 1.77 bits per heavy atom. The van der Waals surface area contributed by atoms with Crippen LogP contribution in [0.2, 0.25) is 10.0 Å². The van der Waals surface area contributed by atoms with E-state index in [0.717, 1.165) is 11.5 Å². The number of nitrogens with one attached hydrogen (secondary N) is 2. The molecule has 2 N–H and O–H groups in total. The fraction of sp³-hybridized carbons (Fsp3) is 0.286. The van der Waals surface area contributed by atoms with E-state index >= 15 is 0 Å². The zero-order chi connectivity index (χ0) is 21.8. The second-order valence-electron chi connectivity index (χ2n) is 7.21. The highest BCUT2D eigenvalue weighted by Crippen LogP contribution is 2.28. The van der Waals surface area contributed by atoms with Crippen LogP contribution >= 0.6 is 35.0 Å². The molecule has 30 heavy (non-hydrogen) atoms. The van der Waals surface area contributed by atoms with E-state index in [-0.39, 0.29) is 11.9 Å². The number of hydrogen-bond donors (Lipinski definition) is 2. The third-order valence-corrected chi connectivity index (χ3v) is 6.27. The van der Waals surface area contributed by atoms with Gasteiger partial charge in [-0.1, -0.05) is 41.0 Å². The minimum absolute atomic E-state index is 0.109. The summed E-state index contributed by atoms with van der Waals surface area (Å²) in [6, 6.07) is 14.7. The zero-order valence-electron chi connectivity index (χ0n) is 17.2. The van der Waals surface area contributed by atoms with Gasteiger partial charge in [-0.05, 0) is 56.3 Å². The normalized spacial score (nSPS) is 13.3. The summed E-state index contributed by atoms with van der Waals surface area (Å²) >= 11 is 13.4. The SMILES string of the molecule is C[C@H](Sc1nnc([C@H](C)[NH+](C)C)n1-c1ccc(Cl)cc1)C(=O)Nc1cccc(Cl)c1. The van der Waals surface area contributed by atoms with Gasteiger partial charge in [0.25, 0.3) is 0 Å². The van der Waals surface area contributed by atoms with Crippen LogP contribution in [0, 0.1) is 0 Å². The number of anilines is 1. The van der Waals surface area contributed by atoms with Crippen LogP contribution in [0.1, 0.15) is 25.7 Å². The van der Waals surface area contributed by atoms with Crippen molar-refractivity contribution in [3.8, 4) is 5.69 Å². The van der Waals surface area contributed by atoms with Crippen LogP contribution in [0.5, 0.6) is 0 Å². The van der Waals surface area contributed by atoms with Gasteiger partial charge in [-0.25, -0.2) is 0 Å². The number of carbonyl (C=O) groups excluding carboxylic acids is 1. The Bertz CT molecular complexity index is 1020. The molecule has 2 atom stereocenters. The van der Waals surface area contributed by atoms with Crippen LogP contribution in [0.15, 0.2) is 53.7 Å². The second-order valence-corrected chi connectivity index (χ2v) is 9.39. The minimum atomic E-state index is -0.394. The molecule has 0 aliphatic rings. The summed E-state index contributed by atoms with van der Waals surface area (Å²) in [5.41, 5.74) is 1.56. The van der Waals surface area contributed by atoms with Gasteiger partial charge in [0.2, 0.25) is 5.91 Å². The lowest BCUT2D eigenvalue weighted by Gasteiger charge is -2.19. The van der Waals surface area contributed by atoms with E-state index in [1.807, 2.05) is 35.8 Å². The van der Waals surface area contributed by atoms with Crippen LogP contribution in [0.4, 0.5) is 5.69 Å². The quantitative estimate of drug-likeness (QED) is 0.520. The number of halogens is 2. The van der Waals surface area contributed by atoms with Crippen molar-refractivity contribution in [3.05, 3.63) is 64.4 Å². The number of aromatic nitrogens is 3. The highest BCUT2D eigenvalue weighted by molar-refractivity contribution is 8.00. The number of nitrogens with zero attached hydrogens (tertiary/aromatic N) is 3. The summed E-state index contributed by atoms with van der Waals surface area (Å²) in [5.74, 6) is 0.683. The fourth-order valence-electron chi connectivity index (χ4n) is 2.75. The third kappa shape index (κ3) is 5.35. The van der Waals surface area contributed by atoms with Gasteiger partial charge in [0.05, 0.1) is 19.3 Å². The monoisotopic (exact) mass is 464 g/mol. The van der Waals surface area contributed by atoms with Crippen molar-refractivity contribution in [3.63, 3.8) is 0 Å². The molecule has 1 heterocycles. The van der Waals surface area contributed by atoms with Gasteiger partial charge in [0.1, 0.15) is 6.04 Å². The molecule has 3 rings (SSSR count). The van der Waals surface area contributed by atoms with Crippen LogP contribution in [0.3, 0.4) is 0 Å². The molecule has 0 saturated carbocycles. The number of carbonyl (C=O) groups is 1. The highest BCUT2D eigenvalue weighted by Gasteiger charge is 2.26. The lowest BCUT2D eigenvalue weighted by molar-refractivity contribution is -0.890. The second kappa shape index (κ2) is 9.83. The van der Waals surface area contributed by atoms with Crippen LogP contribution in [-0.4, -0.2) is 40.0 Å². The van der Waals surface area contributed by atoms with Crippen molar-refractivity contribution in [1.82, 2.24) is 14.8 Å². The van der Waals surface area contributed by atoms with E-state index < -0.39 is 5.25 Å². The van der Waals surface area contributed by atoms with E-state index in [2.05, 4.69) is 36.5 Å². The molecule has 1 amide bonds. The first-order chi connectivity index (χ1) is 14.3. The summed E-state index contributed by atoms with van der Waals surface area (Å²) in [4.78, 5) is 13.9. The Kier molecular flexibility index (Phi) is 7.41. The predicted molar refractivity (Wildman–Crippen MR) is 123 cm³/mol. The molecule has 0 unspecified atom stereocenters. The first kappa shape index (κ1) is 22.6. The lowest BCUT2D eigenvalue weighted by atomic mass is 10.2. The number of amides is 1. The molecule has 1 aromatic heterocycles. The van der Waals surface area contributed by atoms with Crippen molar-refractivity contribution in [2.45, 2.75) is 30.3 Å². The van der Waals surface area contributed by atoms with Crippen molar-refractivity contribution in [2.24, 2.45) is 0 Å². The van der Waals surface area contributed by atoms with Gasteiger partial charge in [-0.3, -0.25) is 9.36 Å². The van der Waals surface area contributed by atoms with E-state index in [9.17, 15) is 4.79 Å². The Balaban J connectivity index is 1.87. The van der Waals surface area contributed by atoms with Crippen LogP contribution < -0.4 is 10.2 Å². The smallest absolute Gasteiger partial charge is 0.237 e. The average molecular weight is 465 g/mol. The standard InChI is InChI=1S/C21H23Cl2N5OS/c1-13(27(3)4)19-25-26-21(28(19)18-10-8-15(22)9-11-18)30-14(2)20(29)24-17-7-5-6-16(23)12-17/h5-14H,1-4H3,(H,24,29)/p+1/t13-,14-/m0/s1. The molecule has 0 aliphatic heterocycles. The Morgan fingerprint density at radius 3 is 2.40 bits per heavy atom. The van der Waals surface area contributed by atoms with Crippen molar-refractivity contribution in [2.75, 3.05) is 19.4 Å². The van der Waals surface area contributed by atoms with Crippen molar-refractivity contribution >= 4 is 46.6 Å². The number of thioether (sulfide) groups is 1. The van der Waals surface area contributed by atoms with E-state index in [0.29, 0.717) is 20.9 Å². The number of hydrogen-bond acceptors (Lipinski definition) is 4. The largest absolute Gasteiger partial charge is 0.331 e. The summed E-state index contributed by atoms with van der Waals surface area (Å²) in [6.07, 6.45) is 0. The highest BCUT2D eigenvalue weighted by atomic mass is 35.5. The molecule has 0 radical (unpaired) electrons. The van der Waals surface area contributed by atoms with E-state index in [4.69, 9.17) is 23.2 Å². The van der Waals surface area contributed by atoms with E-state index in [1.165, 1.54) is 16.7 Å². The molecule has 0 aliphatic carbocycles. The number of benzene rings is 2. The maximum Gasteiger partial charge on any atom is 0.237 e. The zero-order valence-corrected chi connectivity index (χ0v) is 19.5. The van der Waals surface area contributed by atoms with E-state index in [1.54, 1.807) is 24.3 Å². The minimum Gasteiger partial charge on any atom is -0.331 e. The lowest BCUT2D eigenvalue weighted by Crippen LogP contribution is -3.05. The first-order valence-electron chi connectivity index (χ1n) is 9.50. The van der Waals surface area contributed by atoms with Crippen LogP contribution in [-0.2, 0) is 4.79 Å². The number of rotatable bonds is 7. The van der Waals surface area contributed by atoms with Gasteiger partial charge in [-0.15, -0.1) is 10.2 Å². The molecular formula is C21H24Cl2N5OS+. The predicted octanol–water partition coefficient (Wildman–Crippen LogP) is 3.90. The molecule has 9 heteroatoms. The van der Waals surface area contributed by atoms with Crippen molar-refractivity contribution in [1.29, 1.82) is 0 Å². The summed E-state index contributed by atoms with van der Waals surface area (Å²) in [6.45, 7) is 3.93. The summed E-state index contributed by atoms with van der Waals surface area (Å²) in [5, 5.41) is 13.2. The Hall–Kier alpha value is -2.06. The molecule has 0 saturated heterocycles. The number of quaternary nitrogens is 1. The topological polar surface area (TPSA) is 64.2 Å². The molecule has 3 aromatic rings. The average Bonchev–Trinajstić information content (AvgIpc) is 3.11. The molecule has 158 valence electrons. The summed E-state index contributed by atoms with van der Waals surface area (Å²) in [7, 11) is 4.14. The van der Waals surface area contributed by atoms with Crippen molar-refractivity contribution < 1.29 is 9.69 Å². The van der Waals surface area contributed by atoms with Gasteiger partial charge in [0.15, 0.2) is 11.0 Å². The maximum absolute atomic E-state index is 12.7. The van der Waals surface area contributed by atoms with Crippen LogP contribution in [0.25, 0.3) is 5.69 Å². The molecule has 0 bridgehead atoms. The fourth-order valence-corrected chi connectivity index (χ4v) is 3.94. The Morgan fingerprint density at radius 1 is 1.07 bits per heavy atom. The molecule has 6 nitrogen and oxygen atoms in total. The maximum atomic E-state index is 12.7. The van der Waals surface area contributed by atoms with Gasteiger partial charge < -0.3 is 10.2 Å². The molecule has 2 aromatic carbocycles. The van der Waals surface area contributed by atoms with Gasteiger partial charge >= 0.3 is 0 Å². The van der Waals surface area contributed by atoms with Gasteiger partial charge in [-0.2, -0.15) is 0 Å². The molecule has 0 fully saturated rings. The molecule has 0 spiro atoms. The first-order valence-corrected chi connectivity index (χ1v) is 11.1. The summed E-state index contributed by atoms with van der Waals surface area (Å²) < 4.78 is 1.99. The molecular weight excluding hydrogens is 441 g/mol. The Labute approximate surface area is 190 Å². The third-order valence-electron chi connectivity index (χ3n) is 4.74.